The molecule has 1 N–H and O–H groups in total. The Morgan fingerprint density at radius 2 is 2.21 bits per heavy atom. The van der Waals surface area contributed by atoms with E-state index >= 15 is 0 Å². The molecule has 1 aromatic rings. The van der Waals surface area contributed by atoms with Gasteiger partial charge in [-0.05, 0) is 36.8 Å². The third-order valence-electron chi connectivity index (χ3n) is 2.78. The topological polar surface area (TPSA) is 29.5 Å². The zero-order chi connectivity index (χ0) is 9.97. The molecule has 1 saturated carbocycles. The van der Waals surface area contributed by atoms with Crippen LogP contribution in [0.5, 0.6) is 5.75 Å². The summed E-state index contributed by atoms with van der Waals surface area (Å²) in [5.41, 5.74) is 1.26. The zero-order valence-corrected chi connectivity index (χ0v) is 8.44. The Hall–Kier alpha value is -1.02. The van der Waals surface area contributed by atoms with Crippen LogP contribution in [0.25, 0.3) is 0 Å². The number of hydrogen-bond donors (Lipinski definition) is 1. The monoisotopic (exact) mass is 192 g/mol. The van der Waals surface area contributed by atoms with Crippen molar-refractivity contribution in [1.29, 1.82) is 0 Å². The van der Waals surface area contributed by atoms with Crippen LogP contribution in [-0.4, -0.2) is 18.3 Å². The first kappa shape index (κ1) is 9.53. The minimum atomic E-state index is 0.297. The molecule has 1 aromatic carbocycles. The number of para-hydroxylation sites is 1. The van der Waals surface area contributed by atoms with Crippen molar-refractivity contribution in [1.82, 2.24) is 0 Å². The van der Waals surface area contributed by atoms with Crippen LogP contribution < -0.4 is 4.74 Å². The second-order valence-corrected chi connectivity index (χ2v) is 3.76. The predicted molar refractivity (Wildman–Crippen MR) is 55.5 cm³/mol. The van der Waals surface area contributed by atoms with Crippen LogP contribution in [0.4, 0.5) is 0 Å². The summed E-state index contributed by atoms with van der Waals surface area (Å²) in [5, 5.41) is 9.02. The lowest BCUT2D eigenvalue weighted by Gasteiger charge is -2.08. The summed E-state index contributed by atoms with van der Waals surface area (Å²) in [7, 11) is 0. The van der Waals surface area contributed by atoms with E-state index < -0.39 is 0 Å². The van der Waals surface area contributed by atoms with Gasteiger partial charge in [0.05, 0.1) is 6.61 Å². The van der Waals surface area contributed by atoms with E-state index in [1.807, 2.05) is 25.1 Å². The first-order chi connectivity index (χ1) is 6.86. The first-order valence-electron chi connectivity index (χ1n) is 5.19. The van der Waals surface area contributed by atoms with E-state index in [4.69, 9.17) is 9.84 Å². The molecule has 2 nitrogen and oxygen atoms in total. The number of ether oxygens (including phenoxy) is 1. The smallest absolute Gasteiger partial charge is 0.122 e. The molecule has 0 radical (unpaired) electrons. The molecule has 1 aliphatic carbocycles. The third-order valence-corrected chi connectivity index (χ3v) is 2.78. The molecule has 76 valence electrons. The minimum absolute atomic E-state index is 0.297. The summed E-state index contributed by atoms with van der Waals surface area (Å²) in [6, 6.07) is 8.13. The summed E-state index contributed by atoms with van der Waals surface area (Å²) >= 11 is 0. The predicted octanol–water partition coefficient (Wildman–Crippen LogP) is 2.18. The van der Waals surface area contributed by atoms with E-state index in [0.717, 1.165) is 12.2 Å². The van der Waals surface area contributed by atoms with Crippen molar-refractivity contribution >= 4 is 0 Å². The number of benzene rings is 1. The maximum atomic E-state index is 9.02. The Kier molecular flexibility index (Phi) is 2.73. The average molecular weight is 192 g/mol. The Labute approximate surface area is 84.5 Å². The molecule has 14 heavy (non-hydrogen) atoms. The highest BCUT2D eigenvalue weighted by Gasteiger charge is 2.39. The van der Waals surface area contributed by atoms with Crippen LogP contribution in [0.3, 0.4) is 0 Å². The molecule has 0 amide bonds. The molecule has 1 aliphatic rings. The summed E-state index contributed by atoms with van der Waals surface area (Å²) in [6.45, 7) is 2.99. The molecule has 2 heteroatoms. The average Bonchev–Trinajstić information content (AvgIpc) is 2.98. The standard InChI is InChI=1S/C12H16O2/c1-2-14-12-6-4-3-5-10(12)11-7-9(11)8-13/h3-6,9,11,13H,2,7-8H2,1H3. The van der Waals surface area contributed by atoms with Gasteiger partial charge in [-0.2, -0.15) is 0 Å². The Morgan fingerprint density at radius 1 is 1.43 bits per heavy atom. The van der Waals surface area contributed by atoms with E-state index in [1.54, 1.807) is 0 Å². The molecule has 2 atom stereocenters. The fourth-order valence-electron chi connectivity index (χ4n) is 1.90. The molecule has 2 unspecified atom stereocenters. The number of hydrogen-bond acceptors (Lipinski definition) is 2. The van der Waals surface area contributed by atoms with Gasteiger partial charge in [0, 0.05) is 6.61 Å². The summed E-state index contributed by atoms with van der Waals surface area (Å²) in [5.74, 6) is 1.95. The molecule has 0 saturated heterocycles. The summed E-state index contributed by atoms with van der Waals surface area (Å²) < 4.78 is 5.55. The van der Waals surface area contributed by atoms with E-state index in [2.05, 4.69) is 6.07 Å². The summed E-state index contributed by atoms with van der Waals surface area (Å²) in [6.07, 6.45) is 1.10. The van der Waals surface area contributed by atoms with Gasteiger partial charge in [0.15, 0.2) is 0 Å². The molecule has 2 rings (SSSR count). The molecule has 0 aliphatic heterocycles. The maximum absolute atomic E-state index is 9.02. The van der Waals surface area contributed by atoms with E-state index in [-0.39, 0.29) is 0 Å². The molecule has 0 heterocycles. The molecular weight excluding hydrogens is 176 g/mol. The normalized spacial score (nSPS) is 24.7. The number of aliphatic hydroxyl groups is 1. The minimum Gasteiger partial charge on any atom is -0.494 e. The Morgan fingerprint density at radius 3 is 2.86 bits per heavy atom. The largest absolute Gasteiger partial charge is 0.494 e. The van der Waals surface area contributed by atoms with Gasteiger partial charge < -0.3 is 9.84 Å². The van der Waals surface area contributed by atoms with Crippen LogP contribution in [-0.2, 0) is 0 Å². The Balaban J connectivity index is 2.16. The fraction of sp³-hybridized carbons (Fsp3) is 0.500. The molecular formula is C12H16O2. The summed E-state index contributed by atoms with van der Waals surface area (Å²) in [4.78, 5) is 0. The van der Waals surface area contributed by atoms with Gasteiger partial charge in [0.1, 0.15) is 5.75 Å². The second kappa shape index (κ2) is 4.01. The van der Waals surface area contributed by atoms with Gasteiger partial charge in [-0.1, -0.05) is 18.2 Å². The third kappa shape index (κ3) is 1.75. The molecule has 0 spiro atoms. The lowest BCUT2D eigenvalue weighted by Crippen LogP contribution is -1.96. The molecule has 1 fully saturated rings. The molecule has 0 aromatic heterocycles. The van der Waals surface area contributed by atoms with Crippen molar-refractivity contribution in [3.8, 4) is 5.75 Å². The highest BCUT2D eigenvalue weighted by Crippen LogP contribution is 2.49. The zero-order valence-electron chi connectivity index (χ0n) is 8.44. The van der Waals surface area contributed by atoms with E-state index in [0.29, 0.717) is 25.0 Å². The molecule has 0 bridgehead atoms. The first-order valence-corrected chi connectivity index (χ1v) is 5.19. The van der Waals surface area contributed by atoms with Crippen molar-refractivity contribution in [2.24, 2.45) is 5.92 Å². The van der Waals surface area contributed by atoms with Crippen LogP contribution in [0, 0.1) is 5.92 Å². The van der Waals surface area contributed by atoms with Crippen LogP contribution >= 0.6 is 0 Å². The van der Waals surface area contributed by atoms with Gasteiger partial charge >= 0.3 is 0 Å². The van der Waals surface area contributed by atoms with Gasteiger partial charge in [0.25, 0.3) is 0 Å². The van der Waals surface area contributed by atoms with Gasteiger partial charge in [0.2, 0.25) is 0 Å². The SMILES string of the molecule is CCOc1ccccc1C1CC1CO. The van der Waals surface area contributed by atoms with E-state index in [9.17, 15) is 0 Å². The van der Waals surface area contributed by atoms with Crippen molar-refractivity contribution in [3.63, 3.8) is 0 Å². The highest BCUT2D eigenvalue weighted by atomic mass is 16.5. The van der Waals surface area contributed by atoms with Crippen molar-refractivity contribution in [3.05, 3.63) is 29.8 Å². The van der Waals surface area contributed by atoms with Crippen LogP contribution in [0.2, 0.25) is 0 Å². The van der Waals surface area contributed by atoms with E-state index in [1.165, 1.54) is 5.56 Å². The highest BCUT2D eigenvalue weighted by molar-refractivity contribution is 5.39. The van der Waals surface area contributed by atoms with Crippen LogP contribution in [0.15, 0.2) is 24.3 Å². The quantitative estimate of drug-likeness (QED) is 0.792. The lowest BCUT2D eigenvalue weighted by molar-refractivity contribution is 0.273. The fourth-order valence-corrected chi connectivity index (χ4v) is 1.90. The maximum Gasteiger partial charge on any atom is 0.122 e. The van der Waals surface area contributed by atoms with Crippen LogP contribution in [0.1, 0.15) is 24.8 Å². The van der Waals surface area contributed by atoms with Gasteiger partial charge in [-0.15, -0.1) is 0 Å². The number of aliphatic hydroxyl groups excluding tert-OH is 1. The van der Waals surface area contributed by atoms with Crippen molar-refractivity contribution in [2.75, 3.05) is 13.2 Å². The lowest BCUT2D eigenvalue weighted by atomic mass is 10.1. The van der Waals surface area contributed by atoms with Gasteiger partial charge in [-0.3, -0.25) is 0 Å². The van der Waals surface area contributed by atoms with Crippen molar-refractivity contribution < 1.29 is 9.84 Å². The van der Waals surface area contributed by atoms with Crippen molar-refractivity contribution in [2.45, 2.75) is 19.3 Å². The Bertz CT molecular complexity index is 309. The second-order valence-electron chi connectivity index (χ2n) is 3.76. The number of rotatable bonds is 4. The van der Waals surface area contributed by atoms with Gasteiger partial charge in [-0.25, -0.2) is 0 Å².